The predicted octanol–water partition coefficient (Wildman–Crippen LogP) is 1.67. The highest BCUT2D eigenvalue weighted by molar-refractivity contribution is 7.91. The first kappa shape index (κ1) is 22.0. The molecule has 1 saturated heterocycles. The Morgan fingerprint density at radius 2 is 1.96 bits per heavy atom. The molecule has 1 amide bonds. The highest BCUT2D eigenvalue weighted by Gasteiger charge is 2.34. The molecule has 1 aromatic carbocycles. The van der Waals surface area contributed by atoms with Crippen LogP contribution in [0.1, 0.15) is 37.6 Å². The number of hydrogen-bond donors (Lipinski definition) is 0. The van der Waals surface area contributed by atoms with E-state index in [-0.39, 0.29) is 29.2 Å². The van der Waals surface area contributed by atoms with Crippen molar-refractivity contribution < 1.29 is 32.2 Å². The molecule has 1 atom stereocenters. The fourth-order valence-corrected chi connectivity index (χ4v) is 4.83. The van der Waals surface area contributed by atoms with Crippen LogP contribution in [0.2, 0.25) is 0 Å². The van der Waals surface area contributed by atoms with Gasteiger partial charge in [0.2, 0.25) is 0 Å². The van der Waals surface area contributed by atoms with Crippen LogP contribution in [0.3, 0.4) is 0 Å². The topological polar surface area (TPSA) is 99.2 Å². The van der Waals surface area contributed by atoms with Crippen LogP contribution < -0.4 is 9.47 Å². The first-order valence-corrected chi connectivity index (χ1v) is 11.0. The quantitative estimate of drug-likeness (QED) is 0.598. The van der Waals surface area contributed by atoms with Crippen molar-refractivity contribution in [2.24, 2.45) is 0 Å². The molecule has 156 valence electrons. The summed E-state index contributed by atoms with van der Waals surface area (Å²) in [6, 6.07) is 4.27. The monoisotopic (exact) mass is 413 g/mol. The molecule has 0 N–H and O–H groups in total. The summed E-state index contributed by atoms with van der Waals surface area (Å²) in [5.74, 6) is -0.158. The molecule has 28 heavy (non-hydrogen) atoms. The number of esters is 1. The number of hydrogen-bond acceptors (Lipinski definition) is 7. The molecule has 2 rings (SSSR count). The Hall–Kier alpha value is -2.29. The first-order chi connectivity index (χ1) is 13.2. The van der Waals surface area contributed by atoms with Crippen molar-refractivity contribution in [3.05, 3.63) is 23.8 Å². The fourth-order valence-electron chi connectivity index (χ4n) is 3.10. The van der Waals surface area contributed by atoms with Gasteiger partial charge in [0.25, 0.3) is 5.91 Å². The molecule has 0 radical (unpaired) electrons. The second-order valence-electron chi connectivity index (χ2n) is 6.84. The molecule has 1 aliphatic heterocycles. The number of rotatable bonds is 8. The van der Waals surface area contributed by atoms with Crippen LogP contribution in [0, 0.1) is 0 Å². The van der Waals surface area contributed by atoms with Crippen LogP contribution in [0.15, 0.2) is 18.2 Å². The van der Waals surface area contributed by atoms with Crippen molar-refractivity contribution in [1.82, 2.24) is 4.90 Å². The van der Waals surface area contributed by atoms with Crippen LogP contribution in [-0.4, -0.2) is 69.1 Å². The summed E-state index contributed by atoms with van der Waals surface area (Å²) >= 11 is 0. The first-order valence-electron chi connectivity index (χ1n) is 9.18. The van der Waals surface area contributed by atoms with Gasteiger partial charge in [0, 0.05) is 12.6 Å². The number of amides is 1. The average Bonchev–Trinajstić information content (AvgIpc) is 2.99. The Morgan fingerprint density at radius 3 is 2.50 bits per heavy atom. The molecule has 8 nitrogen and oxygen atoms in total. The van der Waals surface area contributed by atoms with Gasteiger partial charge in [0.05, 0.1) is 30.3 Å². The summed E-state index contributed by atoms with van der Waals surface area (Å²) in [6.45, 7) is 5.43. The van der Waals surface area contributed by atoms with E-state index in [0.29, 0.717) is 24.5 Å². The lowest BCUT2D eigenvalue weighted by atomic mass is 10.2. The Balaban J connectivity index is 1.99. The molecule has 0 bridgehead atoms. The summed E-state index contributed by atoms with van der Waals surface area (Å²) in [4.78, 5) is 26.2. The zero-order chi connectivity index (χ0) is 20.9. The van der Waals surface area contributed by atoms with Crippen molar-refractivity contribution >= 4 is 21.7 Å². The van der Waals surface area contributed by atoms with Crippen LogP contribution in [0.5, 0.6) is 11.5 Å². The van der Waals surface area contributed by atoms with Crippen molar-refractivity contribution in [2.45, 2.75) is 39.3 Å². The molecule has 1 aromatic rings. The zero-order valence-electron chi connectivity index (χ0n) is 16.6. The minimum absolute atomic E-state index is 0.0466. The van der Waals surface area contributed by atoms with E-state index in [9.17, 15) is 18.0 Å². The smallest absolute Gasteiger partial charge is 0.338 e. The fraction of sp³-hybridized carbons (Fsp3) is 0.579. The van der Waals surface area contributed by atoms with E-state index >= 15 is 0 Å². The molecule has 1 aliphatic rings. The second kappa shape index (κ2) is 9.27. The van der Waals surface area contributed by atoms with Crippen molar-refractivity contribution in [2.75, 3.05) is 31.8 Å². The van der Waals surface area contributed by atoms with E-state index in [1.807, 2.05) is 13.8 Å². The van der Waals surface area contributed by atoms with E-state index in [1.54, 1.807) is 13.0 Å². The van der Waals surface area contributed by atoms with E-state index in [2.05, 4.69) is 0 Å². The highest BCUT2D eigenvalue weighted by Crippen LogP contribution is 2.29. The number of likely N-dealkylation sites (N-methyl/N-ethyl adjacent to an activating group) is 1. The summed E-state index contributed by atoms with van der Waals surface area (Å²) in [6.07, 6.45) is 0.355. The van der Waals surface area contributed by atoms with Gasteiger partial charge in [-0.3, -0.25) is 4.79 Å². The Kier molecular flexibility index (Phi) is 7.29. The number of benzene rings is 1. The summed E-state index contributed by atoms with van der Waals surface area (Å²) < 4.78 is 39.3. The molecule has 1 heterocycles. The van der Waals surface area contributed by atoms with Crippen LogP contribution in [0.25, 0.3) is 0 Å². The number of carbonyl (C=O) groups excluding carboxylic acids is 2. The van der Waals surface area contributed by atoms with Crippen molar-refractivity contribution in [3.63, 3.8) is 0 Å². The Bertz CT molecular complexity index is 820. The van der Waals surface area contributed by atoms with Gasteiger partial charge in [-0.25, -0.2) is 13.2 Å². The molecular formula is C19H27NO7S. The SMILES string of the molecule is CCN(C(=O)COC(=O)c1ccc(OC(C)C)c(OC)c1)C1CCS(=O)(=O)C1. The summed E-state index contributed by atoms with van der Waals surface area (Å²) in [5, 5.41) is 0. The van der Waals surface area contributed by atoms with Crippen LogP contribution in [0.4, 0.5) is 0 Å². The molecular weight excluding hydrogens is 386 g/mol. The van der Waals surface area contributed by atoms with Gasteiger partial charge in [-0.1, -0.05) is 0 Å². The molecule has 0 aliphatic carbocycles. The molecule has 0 saturated carbocycles. The van der Waals surface area contributed by atoms with Gasteiger partial charge in [-0.2, -0.15) is 0 Å². The Morgan fingerprint density at radius 1 is 1.25 bits per heavy atom. The highest BCUT2D eigenvalue weighted by atomic mass is 32.2. The van der Waals surface area contributed by atoms with Crippen LogP contribution >= 0.6 is 0 Å². The third-order valence-corrected chi connectivity index (χ3v) is 6.15. The third-order valence-electron chi connectivity index (χ3n) is 4.40. The molecule has 1 fully saturated rings. The number of ether oxygens (including phenoxy) is 3. The number of methoxy groups -OCH3 is 1. The maximum absolute atomic E-state index is 12.4. The molecule has 0 aromatic heterocycles. The number of nitrogens with zero attached hydrogens (tertiary/aromatic N) is 1. The van der Waals surface area contributed by atoms with Crippen LogP contribution in [-0.2, 0) is 19.4 Å². The summed E-state index contributed by atoms with van der Waals surface area (Å²) in [7, 11) is -1.64. The van der Waals surface area contributed by atoms with Gasteiger partial charge < -0.3 is 19.1 Å². The van der Waals surface area contributed by atoms with Gasteiger partial charge >= 0.3 is 5.97 Å². The maximum Gasteiger partial charge on any atom is 0.338 e. The number of sulfone groups is 1. The average molecular weight is 413 g/mol. The maximum atomic E-state index is 12.4. The van der Waals surface area contributed by atoms with Crippen molar-refractivity contribution in [3.8, 4) is 11.5 Å². The van der Waals surface area contributed by atoms with E-state index in [1.165, 1.54) is 24.1 Å². The van der Waals surface area contributed by atoms with E-state index in [4.69, 9.17) is 14.2 Å². The van der Waals surface area contributed by atoms with E-state index < -0.39 is 28.3 Å². The standard InChI is InChI=1S/C19H27NO7S/c1-5-20(15-8-9-28(23,24)12-15)18(21)11-26-19(22)14-6-7-16(27-13(2)3)17(10-14)25-4/h6-7,10,13,15H,5,8-9,11-12H2,1-4H3. The lowest BCUT2D eigenvalue weighted by molar-refractivity contribution is -0.136. The van der Waals surface area contributed by atoms with Crippen molar-refractivity contribution in [1.29, 1.82) is 0 Å². The number of carbonyl (C=O) groups is 2. The molecule has 1 unspecified atom stereocenters. The molecule has 0 spiro atoms. The lowest BCUT2D eigenvalue weighted by Gasteiger charge is -2.26. The zero-order valence-corrected chi connectivity index (χ0v) is 17.5. The summed E-state index contributed by atoms with van der Waals surface area (Å²) in [5.41, 5.74) is 0.229. The minimum Gasteiger partial charge on any atom is -0.493 e. The van der Waals surface area contributed by atoms with Gasteiger partial charge in [0.1, 0.15) is 0 Å². The van der Waals surface area contributed by atoms with Gasteiger partial charge in [0.15, 0.2) is 27.9 Å². The van der Waals surface area contributed by atoms with E-state index in [0.717, 1.165) is 0 Å². The van der Waals surface area contributed by atoms with Gasteiger partial charge in [-0.15, -0.1) is 0 Å². The second-order valence-corrected chi connectivity index (χ2v) is 9.07. The predicted molar refractivity (Wildman–Crippen MR) is 103 cm³/mol. The third kappa shape index (κ3) is 5.60. The lowest BCUT2D eigenvalue weighted by Crippen LogP contribution is -2.43. The largest absolute Gasteiger partial charge is 0.493 e. The normalized spacial score (nSPS) is 18.0. The minimum atomic E-state index is -3.11. The Labute approximate surface area is 165 Å². The molecule has 9 heteroatoms. The van der Waals surface area contributed by atoms with Gasteiger partial charge in [-0.05, 0) is 45.4 Å².